The number of nitrogens with zero attached hydrogens (tertiary/aromatic N) is 4. The van der Waals surface area contributed by atoms with Crippen molar-refractivity contribution in [1.29, 1.82) is 0 Å². The number of hydrogen-bond donors (Lipinski definition) is 0. The molecule has 98 valence electrons. The van der Waals surface area contributed by atoms with Crippen molar-refractivity contribution in [2.75, 3.05) is 51.3 Å². The van der Waals surface area contributed by atoms with Crippen LogP contribution in [0, 0.1) is 5.41 Å². The summed E-state index contributed by atoms with van der Waals surface area (Å²) in [6.45, 7) is 6.46. The number of likely N-dealkylation sites (tertiary alicyclic amines) is 1. The Hall–Kier alpha value is -1.20. The number of anilines is 1. The zero-order valence-electron chi connectivity index (χ0n) is 10.9. The molecule has 2 aliphatic heterocycles. The third-order valence-electron chi connectivity index (χ3n) is 4.00. The molecule has 0 N–H and O–H groups in total. The molecule has 2 aliphatic rings. The monoisotopic (exact) mass is 248 g/mol. The summed E-state index contributed by atoms with van der Waals surface area (Å²) in [5.41, 5.74) is 0.479. The zero-order valence-corrected chi connectivity index (χ0v) is 10.9. The molecule has 3 heterocycles. The molecule has 0 amide bonds. The molecule has 0 atom stereocenters. The third kappa shape index (κ3) is 2.20. The highest BCUT2D eigenvalue weighted by Gasteiger charge is 2.47. The maximum absolute atomic E-state index is 5.12. The predicted octanol–water partition coefficient (Wildman–Crippen LogP) is 0.635. The van der Waals surface area contributed by atoms with Gasteiger partial charge in [0.25, 0.3) is 0 Å². The second-order valence-corrected chi connectivity index (χ2v) is 5.42. The number of rotatable bonds is 4. The number of methoxy groups -OCH3 is 1. The first-order valence-electron chi connectivity index (χ1n) is 6.55. The molecule has 1 aromatic heterocycles. The second kappa shape index (κ2) is 4.82. The molecule has 18 heavy (non-hydrogen) atoms. The summed E-state index contributed by atoms with van der Waals surface area (Å²) in [5, 5.41) is 0. The van der Waals surface area contributed by atoms with Crippen molar-refractivity contribution >= 4 is 5.95 Å². The van der Waals surface area contributed by atoms with Crippen LogP contribution in [0.5, 0.6) is 0 Å². The molecule has 5 nitrogen and oxygen atoms in total. The molecular formula is C13H20N4O. The number of ether oxygens (including phenoxy) is 1. The maximum Gasteiger partial charge on any atom is 0.225 e. The number of hydrogen-bond acceptors (Lipinski definition) is 5. The molecular weight excluding hydrogens is 228 g/mol. The van der Waals surface area contributed by atoms with E-state index in [-0.39, 0.29) is 0 Å². The lowest BCUT2D eigenvalue weighted by Gasteiger charge is -2.48. The van der Waals surface area contributed by atoms with E-state index in [0.717, 1.165) is 32.2 Å². The van der Waals surface area contributed by atoms with Crippen LogP contribution in [0.1, 0.15) is 6.42 Å². The van der Waals surface area contributed by atoms with Gasteiger partial charge in [-0.1, -0.05) is 0 Å². The summed E-state index contributed by atoms with van der Waals surface area (Å²) in [5.74, 6) is 0.879. The summed E-state index contributed by atoms with van der Waals surface area (Å²) in [6.07, 6.45) is 4.90. The highest BCUT2D eigenvalue weighted by atomic mass is 16.5. The highest BCUT2D eigenvalue weighted by Crippen LogP contribution is 2.40. The van der Waals surface area contributed by atoms with Crippen molar-refractivity contribution < 1.29 is 4.74 Å². The van der Waals surface area contributed by atoms with Gasteiger partial charge in [-0.2, -0.15) is 0 Å². The molecule has 0 aromatic carbocycles. The molecule has 0 radical (unpaired) electrons. The molecule has 0 unspecified atom stereocenters. The van der Waals surface area contributed by atoms with Crippen LogP contribution in [0.15, 0.2) is 18.5 Å². The van der Waals surface area contributed by atoms with Gasteiger partial charge in [0.05, 0.1) is 6.61 Å². The summed E-state index contributed by atoms with van der Waals surface area (Å²) in [4.78, 5) is 13.5. The van der Waals surface area contributed by atoms with E-state index in [4.69, 9.17) is 4.74 Å². The largest absolute Gasteiger partial charge is 0.383 e. The van der Waals surface area contributed by atoms with Gasteiger partial charge in [0.15, 0.2) is 0 Å². The smallest absolute Gasteiger partial charge is 0.225 e. The fourth-order valence-electron chi connectivity index (χ4n) is 3.10. The van der Waals surface area contributed by atoms with Crippen molar-refractivity contribution in [1.82, 2.24) is 14.9 Å². The molecule has 2 saturated heterocycles. The third-order valence-corrected chi connectivity index (χ3v) is 4.00. The van der Waals surface area contributed by atoms with E-state index in [0.29, 0.717) is 5.41 Å². The van der Waals surface area contributed by atoms with Crippen molar-refractivity contribution in [3.05, 3.63) is 18.5 Å². The van der Waals surface area contributed by atoms with Crippen LogP contribution in [-0.2, 0) is 4.74 Å². The van der Waals surface area contributed by atoms with E-state index in [1.807, 2.05) is 18.5 Å². The van der Waals surface area contributed by atoms with Gasteiger partial charge in [-0.3, -0.25) is 4.90 Å². The van der Waals surface area contributed by atoms with Crippen LogP contribution in [0.25, 0.3) is 0 Å². The van der Waals surface area contributed by atoms with E-state index in [9.17, 15) is 0 Å². The predicted molar refractivity (Wildman–Crippen MR) is 69.6 cm³/mol. The first kappa shape index (κ1) is 11.9. The Morgan fingerprint density at radius 3 is 2.78 bits per heavy atom. The van der Waals surface area contributed by atoms with E-state index < -0.39 is 0 Å². The molecule has 0 aliphatic carbocycles. The first-order chi connectivity index (χ1) is 8.81. The van der Waals surface area contributed by atoms with Crippen molar-refractivity contribution in [3.8, 4) is 0 Å². The van der Waals surface area contributed by atoms with Gasteiger partial charge in [0.1, 0.15) is 0 Å². The molecule has 3 rings (SSSR count). The van der Waals surface area contributed by atoms with Gasteiger partial charge in [-0.05, 0) is 12.5 Å². The molecule has 1 aromatic rings. The average Bonchev–Trinajstić information content (AvgIpc) is 2.81. The summed E-state index contributed by atoms with van der Waals surface area (Å²) in [6, 6.07) is 1.87. The fraction of sp³-hybridized carbons (Fsp3) is 0.692. The van der Waals surface area contributed by atoms with Gasteiger partial charge in [-0.25, -0.2) is 9.97 Å². The van der Waals surface area contributed by atoms with Gasteiger partial charge >= 0.3 is 0 Å². The Morgan fingerprint density at radius 1 is 1.28 bits per heavy atom. The normalized spacial score (nSPS) is 22.4. The quantitative estimate of drug-likeness (QED) is 0.782. The van der Waals surface area contributed by atoms with E-state index in [2.05, 4.69) is 19.8 Å². The lowest BCUT2D eigenvalue weighted by molar-refractivity contribution is 0.00142. The van der Waals surface area contributed by atoms with Crippen LogP contribution in [0.2, 0.25) is 0 Å². The SMILES string of the molecule is COCCN1CC2(CCN(c3ncccn3)C2)C1. The molecule has 0 saturated carbocycles. The summed E-state index contributed by atoms with van der Waals surface area (Å²) < 4.78 is 5.12. The first-order valence-corrected chi connectivity index (χ1v) is 6.55. The van der Waals surface area contributed by atoms with E-state index in [1.165, 1.54) is 19.5 Å². The van der Waals surface area contributed by atoms with E-state index >= 15 is 0 Å². The average molecular weight is 248 g/mol. The Balaban J connectivity index is 1.54. The Kier molecular flexibility index (Phi) is 3.18. The summed E-state index contributed by atoms with van der Waals surface area (Å²) in [7, 11) is 1.76. The topological polar surface area (TPSA) is 41.5 Å². The van der Waals surface area contributed by atoms with Gasteiger partial charge in [0.2, 0.25) is 5.95 Å². The molecule has 1 spiro atoms. The molecule has 5 heteroatoms. The van der Waals surface area contributed by atoms with Crippen LogP contribution >= 0.6 is 0 Å². The van der Waals surface area contributed by atoms with Gasteiger partial charge < -0.3 is 9.64 Å². The minimum absolute atomic E-state index is 0.479. The maximum atomic E-state index is 5.12. The van der Waals surface area contributed by atoms with Crippen molar-refractivity contribution in [3.63, 3.8) is 0 Å². The Labute approximate surface area is 108 Å². The highest BCUT2D eigenvalue weighted by molar-refractivity contribution is 5.32. The van der Waals surface area contributed by atoms with Crippen LogP contribution in [0.3, 0.4) is 0 Å². The number of aromatic nitrogens is 2. The van der Waals surface area contributed by atoms with Crippen LogP contribution in [-0.4, -0.2) is 61.3 Å². The Bertz CT molecular complexity index is 391. The van der Waals surface area contributed by atoms with Crippen LogP contribution in [0.4, 0.5) is 5.95 Å². The van der Waals surface area contributed by atoms with Gasteiger partial charge in [0, 0.05) is 57.6 Å². The lowest BCUT2D eigenvalue weighted by atomic mass is 9.79. The Morgan fingerprint density at radius 2 is 2.06 bits per heavy atom. The minimum atomic E-state index is 0.479. The second-order valence-electron chi connectivity index (χ2n) is 5.42. The lowest BCUT2D eigenvalue weighted by Crippen LogP contribution is -2.58. The fourth-order valence-corrected chi connectivity index (χ4v) is 3.10. The van der Waals surface area contributed by atoms with Gasteiger partial charge in [-0.15, -0.1) is 0 Å². The summed E-state index contributed by atoms with van der Waals surface area (Å²) >= 11 is 0. The van der Waals surface area contributed by atoms with Crippen LogP contribution < -0.4 is 4.90 Å². The standard InChI is InChI=1S/C13H20N4O/c1-18-8-7-16-9-13(10-16)3-6-17(11-13)12-14-4-2-5-15-12/h2,4-5H,3,6-11H2,1H3. The minimum Gasteiger partial charge on any atom is -0.383 e. The van der Waals surface area contributed by atoms with Crippen molar-refractivity contribution in [2.45, 2.75) is 6.42 Å². The van der Waals surface area contributed by atoms with Crippen molar-refractivity contribution in [2.24, 2.45) is 5.41 Å². The molecule has 0 bridgehead atoms. The molecule has 2 fully saturated rings. The van der Waals surface area contributed by atoms with E-state index in [1.54, 1.807) is 7.11 Å². The zero-order chi connectivity index (χ0) is 12.4.